The van der Waals surface area contributed by atoms with Crippen LogP contribution in [-0.2, 0) is 0 Å². The third-order valence-electron chi connectivity index (χ3n) is 3.66. The van der Waals surface area contributed by atoms with Crippen molar-refractivity contribution in [3.05, 3.63) is 66.7 Å². The van der Waals surface area contributed by atoms with Gasteiger partial charge in [-0.3, -0.25) is 0 Å². The van der Waals surface area contributed by atoms with Gasteiger partial charge < -0.3 is 4.74 Å². The minimum atomic E-state index is 0.288. The first-order valence-corrected chi connectivity index (χ1v) is 9.42. The second kappa shape index (κ2) is 8.02. The van der Waals surface area contributed by atoms with Gasteiger partial charge >= 0.3 is 0 Å². The summed E-state index contributed by atoms with van der Waals surface area (Å²) >= 11 is 36.6. The number of methoxy groups -OCH3 is 1. The maximum absolute atomic E-state index is 6.15. The number of hydrogen-bond acceptors (Lipinski definition) is 2. The van der Waals surface area contributed by atoms with Crippen LogP contribution < -0.4 is 4.74 Å². The molecule has 0 aliphatic heterocycles. The summed E-state index contributed by atoms with van der Waals surface area (Å²) in [5, 5.41) is 1.96. The molecule has 3 aromatic rings. The average molecular weight is 468 g/mol. The van der Waals surface area contributed by atoms with E-state index in [4.69, 9.17) is 74.3 Å². The topological polar surface area (TPSA) is 22.1 Å². The maximum Gasteiger partial charge on any atom is 0.221 e. The van der Waals surface area contributed by atoms with E-state index >= 15 is 0 Å². The Morgan fingerprint density at radius 3 is 1.58 bits per heavy atom. The Labute approximate surface area is 180 Å². The predicted molar refractivity (Wildman–Crippen MR) is 112 cm³/mol. The molecule has 0 aliphatic carbocycles. The molecule has 0 N–H and O–H groups in total. The highest BCUT2D eigenvalue weighted by Gasteiger charge is 2.15. The van der Waals surface area contributed by atoms with Gasteiger partial charge in [-0.2, -0.15) is 0 Å². The van der Waals surface area contributed by atoms with Crippen LogP contribution >= 0.6 is 69.6 Å². The summed E-state index contributed by atoms with van der Waals surface area (Å²) in [4.78, 5) is 4.35. The molecule has 0 saturated heterocycles. The van der Waals surface area contributed by atoms with Gasteiger partial charge in [-0.25, -0.2) is 4.98 Å². The molecule has 134 valence electrons. The lowest BCUT2D eigenvalue weighted by Crippen LogP contribution is -1.93. The third kappa shape index (κ3) is 3.87. The van der Waals surface area contributed by atoms with Crippen LogP contribution in [-0.4, -0.2) is 12.1 Å². The molecule has 0 unspecified atom stereocenters. The van der Waals surface area contributed by atoms with Gasteiger partial charge in [0.15, 0.2) is 0 Å². The smallest absolute Gasteiger partial charge is 0.221 e. The minimum Gasteiger partial charge on any atom is -0.481 e. The molecule has 1 aromatic heterocycles. The van der Waals surface area contributed by atoms with Crippen molar-refractivity contribution < 1.29 is 4.74 Å². The number of pyridine rings is 1. The highest BCUT2D eigenvalue weighted by molar-refractivity contribution is 6.49. The lowest BCUT2D eigenvalue weighted by Gasteiger charge is -2.12. The number of ether oxygens (including phenoxy) is 1. The van der Waals surface area contributed by atoms with Gasteiger partial charge in [0.2, 0.25) is 5.88 Å². The second-order valence-electron chi connectivity index (χ2n) is 5.29. The van der Waals surface area contributed by atoms with E-state index in [9.17, 15) is 0 Å². The fourth-order valence-electron chi connectivity index (χ4n) is 2.41. The normalized spacial score (nSPS) is 10.9. The van der Waals surface area contributed by atoms with Crippen LogP contribution in [0, 0.1) is 0 Å². The van der Waals surface area contributed by atoms with Crippen molar-refractivity contribution in [2.45, 2.75) is 0 Å². The quantitative estimate of drug-likeness (QED) is 0.361. The summed E-state index contributed by atoms with van der Waals surface area (Å²) < 4.78 is 5.36. The summed E-state index contributed by atoms with van der Waals surface area (Å²) in [6.07, 6.45) is 1.65. The summed E-state index contributed by atoms with van der Waals surface area (Å²) in [6.45, 7) is 0. The Morgan fingerprint density at radius 1 is 0.654 bits per heavy atom. The van der Waals surface area contributed by atoms with E-state index in [-0.39, 0.29) is 5.02 Å². The Hall–Kier alpha value is -0.870. The summed E-state index contributed by atoms with van der Waals surface area (Å²) in [5.74, 6) is 0.411. The van der Waals surface area contributed by atoms with Gasteiger partial charge in [0.25, 0.3) is 0 Å². The van der Waals surface area contributed by atoms with Crippen LogP contribution in [0.4, 0.5) is 0 Å². The molecule has 1 heterocycles. The van der Waals surface area contributed by atoms with Gasteiger partial charge in [-0.05, 0) is 41.5 Å². The molecule has 2 nitrogen and oxygen atoms in total. The van der Waals surface area contributed by atoms with E-state index in [1.165, 1.54) is 7.11 Å². The molecule has 0 bridgehead atoms. The second-order valence-corrected chi connectivity index (χ2v) is 7.67. The van der Waals surface area contributed by atoms with E-state index in [0.717, 1.165) is 11.1 Å². The van der Waals surface area contributed by atoms with Crippen molar-refractivity contribution in [1.82, 2.24) is 4.98 Å². The van der Waals surface area contributed by atoms with Gasteiger partial charge in [0, 0.05) is 17.3 Å². The van der Waals surface area contributed by atoms with Crippen molar-refractivity contribution >= 4 is 69.6 Å². The van der Waals surface area contributed by atoms with Crippen molar-refractivity contribution in [3.63, 3.8) is 0 Å². The van der Waals surface area contributed by atoms with Gasteiger partial charge in [0.1, 0.15) is 0 Å². The van der Waals surface area contributed by atoms with E-state index in [0.29, 0.717) is 42.1 Å². The summed E-state index contributed by atoms with van der Waals surface area (Å²) in [5.41, 5.74) is 2.92. The van der Waals surface area contributed by atoms with Crippen LogP contribution in [0.1, 0.15) is 0 Å². The molecular weight excluding hydrogens is 459 g/mol. The fourth-order valence-corrected chi connectivity index (χ4v) is 3.61. The molecule has 0 amide bonds. The number of benzene rings is 2. The Morgan fingerprint density at radius 2 is 1.12 bits per heavy atom. The largest absolute Gasteiger partial charge is 0.481 e. The molecule has 0 saturated carbocycles. The highest BCUT2D eigenvalue weighted by atomic mass is 35.5. The van der Waals surface area contributed by atoms with Crippen molar-refractivity contribution in [2.24, 2.45) is 0 Å². The lowest BCUT2D eigenvalue weighted by atomic mass is 10.0. The highest BCUT2D eigenvalue weighted by Crippen LogP contribution is 2.40. The molecule has 0 spiro atoms. The van der Waals surface area contributed by atoms with E-state index in [2.05, 4.69) is 4.98 Å². The van der Waals surface area contributed by atoms with Crippen molar-refractivity contribution in [1.29, 1.82) is 0 Å². The fraction of sp³-hybridized carbons (Fsp3) is 0.0556. The zero-order valence-electron chi connectivity index (χ0n) is 13.1. The van der Waals surface area contributed by atoms with E-state index < -0.39 is 0 Å². The number of aromatic nitrogens is 1. The first-order valence-electron chi connectivity index (χ1n) is 7.15. The summed E-state index contributed by atoms with van der Waals surface area (Å²) in [6, 6.07) is 8.69. The van der Waals surface area contributed by atoms with Gasteiger partial charge in [-0.1, -0.05) is 69.6 Å². The lowest BCUT2D eigenvalue weighted by molar-refractivity contribution is 0.400. The van der Waals surface area contributed by atoms with Crippen LogP contribution in [0.2, 0.25) is 30.1 Å². The van der Waals surface area contributed by atoms with Gasteiger partial charge in [0.05, 0.1) is 37.2 Å². The molecule has 26 heavy (non-hydrogen) atoms. The first-order chi connectivity index (χ1) is 12.3. The zero-order valence-corrected chi connectivity index (χ0v) is 17.6. The SMILES string of the molecule is COc1ncc(-c2cc(Cl)c(Cl)c(Cl)c2)cc1-c1cc(Cl)c(Cl)c(Cl)c1. The number of hydrogen-bond donors (Lipinski definition) is 0. The monoisotopic (exact) mass is 465 g/mol. The molecular formula is C18H9Cl6NO. The Bertz CT molecular complexity index is 959. The number of nitrogens with zero attached hydrogens (tertiary/aromatic N) is 1. The predicted octanol–water partition coefficient (Wildman–Crippen LogP) is 8.34. The van der Waals surface area contributed by atoms with Gasteiger partial charge in [-0.15, -0.1) is 0 Å². The average Bonchev–Trinajstić information content (AvgIpc) is 2.62. The van der Waals surface area contributed by atoms with Crippen LogP contribution in [0.5, 0.6) is 5.88 Å². The Balaban J connectivity index is 2.20. The van der Waals surface area contributed by atoms with Crippen molar-refractivity contribution in [2.75, 3.05) is 7.11 Å². The van der Waals surface area contributed by atoms with Crippen LogP contribution in [0.25, 0.3) is 22.3 Å². The third-order valence-corrected chi connectivity index (χ3v) is 6.05. The molecule has 2 aromatic carbocycles. The van der Waals surface area contributed by atoms with Crippen LogP contribution in [0.15, 0.2) is 36.5 Å². The first kappa shape index (κ1) is 19.9. The molecule has 0 fully saturated rings. The standard InChI is InChI=1S/C18H9Cl6NO/c1-26-18-11(9-5-14(21)17(24)15(22)6-9)2-10(7-25-18)8-3-12(19)16(23)13(20)4-8/h2-7H,1H3. The summed E-state index contributed by atoms with van der Waals surface area (Å²) in [7, 11) is 1.53. The molecule has 3 rings (SSSR count). The van der Waals surface area contributed by atoms with Crippen LogP contribution in [0.3, 0.4) is 0 Å². The molecule has 0 atom stereocenters. The Kier molecular flexibility index (Phi) is 6.13. The zero-order chi connectivity index (χ0) is 19.0. The molecule has 0 radical (unpaired) electrons. The maximum atomic E-state index is 6.15. The molecule has 0 aliphatic rings. The van der Waals surface area contributed by atoms with E-state index in [1.807, 2.05) is 6.07 Å². The number of halogens is 6. The number of rotatable bonds is 3. The molecule has 8 heteroatoms. The van der Waals surface area contributed by atoms with Crippen molar-refractivity contribution in [3.8, 4) is 28.1 Å². The van der Waals surface area contributed by atoms with E-state index in [1.54, 1.807) is 30.5 Å². The minimum absolute atomic E-state index is 0.288.